The number of rotatable bonds is 5. The molecule has 0 amide bonds. The molecule has 2 aromatic carbocycles. The standard InChI is InChI=1S/C19H18BrO5P/c1-23-26(22,24-2)17-12-16(13-6-4-3-5-7-13)18(19(21)25-17)14-8-10-15(20)11-9-14/h3-12,16,18H,1-2H3/t16-,18-/m1/s1. The number of benzene rings is 2. The molecule has 26 heavy (non-hydrogen) atoms. The molecular formula is C19H18BrO5P. The minimum atomic E-state index is -3.67. The fourth-order valence-electron chi connectivity index (χ4n) is 2.98. The van der Waals surface area contributed by atoms with Crippen molar-refractivity contribution in [2.45, 2.75) is 11.8 Å². The first-order chi connectivity index (χ1) is 12.5. The van der Waals surface area contributed by atoms with E-state index >= 15 is 0 Å². The maximum atomic E-state index is 12.8. The van der Waals surface area contributed by atoms with Crippen LogP contribution < -0.4 is 0 Å². The third-order valence-electron chi connectivity index (χ3n) is 4.30. The molecule has 0 bridgehead atoms. The molecule has 0 unspecified atom stereocenters. The summed E-state index contributed by atoms with van der Waals surface area (Å²) in [7, 11) is -1.14. The Hall–Kier alpha value is -1.72. The molecule has 3 rings (SSSR count). The van der Waals surface area contributed by atoms with Crippen molar-refractivity contribution in [1.82, 2.24) is 0 Å². The van der Waals surface area contributed by atoms with Gasteiger partial charge in [-0.15, -0.1) is 0 Å². The number of carbonyl (C=O) groups is 1. The van der Waals surface area contributed by atoms with Crippen molar-refractivity contribution in [3.63, 3.8) is 0 Å². The molecule has 1 aliphatic heterocycles. The van der Waals surface area contributed by atoms with Crippen LogP contribution >= 0.6 is 23.5 Å². The van der Waals surface area contributed by atoms with Gasteiger partial charge in [0.05, 0.1) is 5.92 Å². The minimum absolute atomic E-state index is 0.0743. The molecule has 0 N–H and O–H groups in total. The molecule has 0 aliphatic carbocycles. The Labute approximate surface area is 160 Å². The molecule has 2 aromatic rings. The molecule has 5 nitrogen and oxygen atoms in total. The van der Waals surface area contributed by atoms with Crippen molar-refractivity contribution in [3.05, 3.63) is 81.8 Å². The quantitative estimate of drug-likeness (QED) is 0.476. The van der Waals surface area contributed by atoms with Gasteiger partial charge in [0.2, 0.25) is 5.50 Å². The van der Waals surface area contributed by atoms with Gasteiger partial charge in [-0.2, -0.15) is 0 Å². The summed E-state index contributed by atoms with van der Waals surface area (Å²) < 4.78 is 29.0. The Morgan fingerprint density at radius 1 is 0.962 bits per heavy atom. The van der Waals surface area contributed by atoms with Crippen LogP contribution in [0.3, 0.4) is 0 Å². The monoisotopic (exact) mass is 436 g/mol. The number of halogens is 1. The smallest absolute Gasteiger partial charge is 0.395 e. The van der Waals surface area contributed by atoms with Crippen LogP contribution in [0.15, 0.2) is 70.6 Å². The summed E-state index contributed by atoms with van der Waals surface area (Å²) in [4.78, 5) is 12.8. The summed E-state index contributed by atoms with van der Waals surface area (Å²) >= 11 is 3.40. The van der Waals surface area contributed by atoms with E-state index in [0.29, 0.717) is 0 Å². The van der Waals surface area contributed by atoms with Crippen molar-refractivity contribution in [1.29, 1.82) is 0 Å². The van der Waals surface area contributed by atoms with Gasteiger partial charge in [0.1, 0.15) is 0 Å². The Balaban J connectivity index is 2.12. The molecule has 0 aromatic heterocycles. The van der Waals surface area contributed by atoms with Gasteiger partial charge in [0.25, 0.3) is 0 Å². The molecular weight excluding hydrogens is 419 g/mol. The van der Waals surface area contributed by atoms with Crippen molar-refractivity contribution in [3.8, 4) is 0 Å². The van der Waals surface area contributed by atoms with Crippen LogP contribution in [0.1, 0.15) is 23.0 Å². The van der Waals surface area contributed by atoms with Gasteiger partial charge >= 0.3 is 13.6 Å². The topological polar surface area (TPSA) is 61.8 Å². The Morgan fingerprint density at radius 2 is 1.58 bits per heavy atom. The second-order valence-corrected chi connectivity index (χ2v) is 8.84. The first kappa shape index (κ1) is 19.1. The van der Waals surface area contributed by atoms with E-state index in [0.717, 1.165) is 15.6 Å². The Bertz CT molecular complexity index is 855. The van der Waals surface area contributed by atoms with E-state index in [9.17, 15) is 9.36 Å². The zero-order valence-electron chi connectivity index (χ0n) is 14.3. The summed E-state index contributed by atoms with van der Waals surface area (Å²) in [6, 6.07) is 17.0. The molecule has 0 saturated heterocycles. The summed E-state index contributed by atoms with van der Waals surface area (Å²) in [5.74, 6) is -1.41. The van der Waals surface area contributed by atoms with Crippen LogP contribution in [0.4, 0.5) is 0 Å². The first-order valence-electron chi connectivity index (χ1n) is 7.94. The predicted octanol–water partition coefficient (Wildman–Crippen LogP) is 5.20. The molecule has 0 radical (unpaired) electrons. The maximum Gasteiger partial charge on any atom is 0.395 e. The molecule has 136 valence electrons. The Morgan fingerprint density at radius 3 is 2.15 bits per heavy atom. The lowest BCUT2D eigenvalue weighted by molar-refractivity contribution is -0.142. The van der Waals surface area contributed by atoms with Crippen LogP contribution in [0, 0.1) is 0 Å². The molecule has 2 atom stereocenters. The third-order valence-corrected chi connectivity index (χ3v) is 6.57. The van der Waals surface area contributed by atoms with Gasteiger partial charge < -0.3 is 13.8 Å². The van der Waals surface area contributed by atoms with Gasteiger partial charge in [-0.05, 0) is 29.3 Å². The van der Waals surface area contributed by atoms with Crippen LogP contribution in [-0.4, -0.2) is 20.2 Å². The predicted molar refractivity (Wildman–Crippen MR) is 102 cm³/mol. The first-order valence-corrected chi connectivity index (χ1v) is 10.3. The van der Waals surface area contributed by atoms with E-state index in [1.807, 2.05) is 54.6 Å². The molecule has 0 fully saturated rings. The summed E-state index contributed by atoms with van der Waals surface area (Å²) in [6.45, 7) is 0. The summed E-state index contributed by atoms with van der Waals surface area (Å²) in [5.41, 5.74) is 1.65. The number of hydrogen-bond acceptors (Lipinski definition) is 5. The van der Waals surface area contributed by atoms with Crippen LogP contribution in [0.2, 0.25) is 0 Å². The molecule has 0 spiro atoms. The molecule has 7 heteroatoms. The van der Waals surface area contributed by atoms with E-state index in [1.165, 1.54) is 14.2 Å². The van der Waals surface area contributed by atoms with Gasteiger partial charge in [-0.3, -0.25) is 9.36 Å². The average molecular weight is 437 g/mol. The number of ether oxygens (including phenoxy) is 1. The maximum absolute atomic E-state index is 12.8. The van der Waals surface area contributed by atoms with Gasteiger partial charge in [-0.1, -0.05) is 58.4 Å². The second-order valence-electron chi connectivity index (χ2n) is 5.75. The normalized spacial score (nSPS) is 20.4. The van der Waals surface area contributed by atoms with Crippen molar-refractivity contribution < 1.29 is 23.1 Å². The van der Waals surface area contributed by atoms with Crippen molar-refractivity contribution in [2.75, 3.05) is 14.2 Å². The second kappa shape index (κ2) is 7.89. The number of hydrogen-bond donors (Lipinski definition) is 0. The zero-order chi connectivity index (χ0) is 18.7. The lowest BCUT2D eigenvalue weighted by Gasteiger charge is -2.30. The van der Waals surface area contributed by atoms with E-state index in [1.54, 1.807) is 6.08 Å². The van der Waals surface area contributed by atoms with Gasteiger partial charge in [-0.25, -0.2) is 0 Å². The highest BCUT2D eigenvalue weighted by Crippen LogP contribution is 2.58. The highest BCUT2D eigenvalue weighted by atomic mass is 79.9. The van der Waals surface area contributed by atoms with Gasteiger partial charge in [0, 0.05) is 24.6 Å². The highest BCUT2D eigenvalue weighted by molar-refractivity contribution is 9.10. The minimum Gasteiger partial charge on any atom is -0.418 e. The summed E-state index contributed by atoms with van der Waals surface area (Å²) in [6.07, 6.45) is 1.66. The lowest BCUT2D eigenvalue weighted by Crippen LogP contribution is -2.26. The molecule has 1 heterocycles. The number of carbonyl (C=O) groups excluding carboxylic acids is 1. The lowest BCUT2D eigenvalue weighted by atomic mass is 9.80. The zero-order valence-corrected chi connectivity index (χ0v) is 16.8. The third kappa shape index (κ3) is 3.69. The van der Waals surface area contributed by atoms with E-state index in [-0.39, 0.29) is 11.4 Å². The fourth-order valence-corrected chi connectivity index (χ4v) is 4.29. The highest BCUT2D eigenvalue weighted by Gasteiger charge is 2.42. The van der Waals surface area contributed by atoms with E-state index in [4.69, 9.17) is 13.8 Å². The molecule has 1 aliphatic rings. The molecule has 0 saturated carbocycles. The number of cyclic esters (lactones) is 1. The van der Waals surface area contributed by atoms with Crippen molar-refractivity contribution >= 4 is 29.5 Å². The number of allylic oxidation sites excluding steroid dienone is 1. The van der Waals surface area contributed by atoms with E-state index < -0.39 is 19.5 Å². The van der Waals surface area contributed by atoms with Crippen molar-refractivity contribution in [2.24, 2.45) is 0 Å². The summed E-state index contributed by atoms with van der Waals surface area (Å²) in [5, 5.41) is 0. The average Bonchev–Trinajstić information content (AvgIpc) is 2.68. The SMILES string of the molecule is COP(=O)(OC)C1=C[C@H](c2ccccc2)[C@@H](c2ccc(Br)cc2)C(=O)O1. The van der Waals surface area contributed by atoms with Crippen LogP contribution in [-0.2, 0) is 23.1 Å². The van der Waals surface area contributed by atoms with E-state index in [2.05, 4.69) is 15.9 Å². The van der Waals surface area contributed by atoms with Gasteiger partial charge in [0.15, 0.2) is 0 Å². The largest absolute Gasteiger partial charge is 0.418 e. The Kier molecular flexibility index (Phi) is 5.78. The number of esters is 1. The van der Waals surface area contributed by atoms with Crippen LogP contribution in [0.5, 0.6) is 0 Å². The fraction of sp³-hybridized carbons (Fsp3) is 0.211. The van der Waals surface area contributed by atoms with Crippen LogP contribution in [0.25, 0.3) is 0 Å².